The molecule has 1 heterocycles. The summed E-state index contributed by atoms with van der Waals surface area (Å²) < 4.78 is 5.53. The van der Waals surface area contributed by atoms with E-state index in [0.717, 1.165) is 41.9 Å². The van der Waals surface area contributed by atoms with E-state index in [0.29, 0.717) is 17.1 Å². The van der Waals surface area contributed by atoms with Crippen LogP contribution in [-0.2, 0) is 9.59 Å². The molecule has 2 aliphatic rings. The number of benzene rings is 2. The molecule has 1 saturated carbocycles. The van der Waals surface area contributed by atoms with Crippen molar-refractivity contribution in [2.24, 2.45) is 0 Å². The minimum Gasteiger partial charge on any atom is -0.494 e. The van der Waals surface area contributed by atoms with Gasteiger partial charge in [-0.25, -0.2) is 0 Å². The van der Waals surface area contributed by atoms with Crippen molar-refractivity contribution in [3.63, 3.8) is 0 Å². The fourth-order valence-electron chi connectivity index (χ4n) is 4.04. The molecule has 0 spiro atoms. The Morgan fingerprint density at radius 1 is 0.931 bits per heavy atom. The Bertz CT molecular complexity index is 915. The second-order valence-electron chi connectivity index (χ2n) is 7.35. The maximum atomic E-state index is 13.4. The van der Waals surface area contributed by atoms with Gasteiger partial charge in [0, 0.05) is 10.9 Å². The van der Waals surface area contributed by atoms with E-state index in [1.807, 2.05) is 61.5 Å². The fraction of sp³-hybridized carbons (Fsp3) is 0.333. The largest absolute Gasteiger partial charge is 0.494 e. The molecule has 1 aliphatic heterocycles. The van der Waals surface area contributed by atoms with Crippen molar-refractivity contribution >= 4 is 29.1 Å². The van der Waals surface area contributed by atoms with Gasteiger partial charge in [0.25, 0.3) is 11.8 Å². The van der Waals surface area contributed by atoms with Crippen LogP contribution in [0.25, 0.3) is 5.57 Å². The third-order valence-corrected chi connectivity index (χ3v) is 6.52. The van der Waals surface area contributed by atoms with Gasteiger partial charge in [-0.05, 0) is 49.6 Å². The molecular weight excluding hydrogens is 382 g/mol. The van der Waals surface area contributed by atoms with Gasteiger partial charge in [-0.15, -0.1) is 0 Å². The number of hydrogen-bond donors (Lipinski definition) is 0. The molecule has 0 N–H and O–H groups in total. The molecule has 0 atom stereocenters. The molecule has 4 rings (SSSR count). The Labute approximate surface area is 175 Å². The number of amides is 2. The summed E-state index contributed by atoms with van der Waals surface area (Å²) in [4.78, 5) is 29.8. The number of imide groups is 1. The molecule has 4 nitrogen and oxygen atoms in total. The maximum absolute atomic E-state index is 13.4. The summed E-state index contributed by atoms with van der Waals surface area (Å²) in [6.07, 6.45) is 5.12. The Morgan fingerprint density at radius 2 is 1.62 bits per heavy atom. The van der Waals surface area contributed by atoms with E-state index in [1.54, 1.807) is 0 Å². The molecule has 0 saturated heterocycles. The zero-order chi connectivity index (χ0) is 20.2. The fourth-order valence-corrected chi connectivity index (χ4v) is 5.06. The first-order valence-electron chi connectivity index (χ1n) is 10.3. The lowest BCUT2D eigenvalue weighted by molar-refractivity contribution is -0.139. The van der Waals surface area contributed by atoms with Crippen LogP contribution in [0.4, 0.5) is 0 Å². The second kappa shape index (κ2) is 8.87. The highest BCUT2D eigenvalue weighted by Gasteiger charge is 2.43. The quantitative estimate of drug-likeness (QED) is 0.611. The summed E-state index contributed by atoms with van der Waals surface area (Å²) in [6, 6.07) is 17.2. The summed E-state index contributed by atoms with van der Waals surface area (Å²) in [5, 5.41) is 0. The van der Waals surface area contributed by atoms with Gasteiger partial charge in [-0.1, -0.05) is 61.4 Å². The number of thioether (sulfide) groups is 1. The van der Waals surface area contributed by atoms with Gasteiger partial charge in [-0.2, -0.15) is 0 Å². The van der Waals surface area contributed by atoms with Crippen LogP contribution in [0.15, 0.2) is 64.4 Å². The zero-order valence-corrected chi connectivity index (χ0v) is 17.4. The van der Waals surface area contributed by atoms with Crippen molar-refractivity contribution in [2.45, 2.75) is 50.0 Å². The first kappa shape index (κ1) is 19.8. The van der Waals surface area contributed by atoms with Crippen LogP contribution >= 0.6 is 11.8 Å². The van der Waals surface area contributed by atoms with E-state index in [4.69, 9.17) is 4.74 Å². The molecule has 29 heavy (non-hydrogen) atoms. The molecule has 2 aromatic rings. The molecule has 1 fully saturated rings. The lowest BCUT2D eigenvalue weighted by atomic mass is 9.94. The molecule has 2 amide bonds. The third kappa shape index (κ3) is 4.10. The average Bonchev–Trinajstić information content (AvgIpc) is 3.00. The van der Waals surface area contributed by atoms with E-state index in [-0.39, 0.29) is 17.9 Å². The number of nitrogens with zero attached hydrogens (tertiary/aromatic N) is 1. The molecule has 150 valence electrons. The van der Waals surface area contributed by atoms with E-state index < -0.39 is 0 Å². The van der Waals surface area contributed by atoms with Gasteiger partial charge in [0.05, 0.1) is 17.1 Å². The lowest BCUT2D eigenvalue weighted by Crippen LogP contribution is -2.42. The Hall–Kier alpha value is -2.53. The highest BCUT2D eigenvalue weighted by molar-refractivity contribution is 8.04. The molecule has 0 unspecified atom stereocenters. The first-order valence-corrected chi connectivity index (χ1v) is 11.1. The van der Waals surface area contributed by atoms with Gasteiger partial charge in [0.15, 0.2) is 0 Å². The first-order chi connectivity index (χ1) is 14.2. The number of hydrogen-bond acceptors (Lipinski definition) is 4. The number of ether oxygens (including phenoxy) is 1. The van der Waals surface area contributed by atoms with Crippen LogP contribution in [0.2, 0.25) is 0 Å². The van der Waals surface area contributed by atoms with Crippen LogP contribution in [-0.4, -0.2) is 29.4 Å². The molecule has 0 radical (unpaired) electrons. The van der Waals surface area contributed by atoms with Crippen molar-refractivity contribution in [2.75, 3.05) is 6.61 Å². The summed E-state index contributed by atoms with van der Waals surface area (Å²) in [7, 11) is 0. The molecular formula is C24H25NO3S. The summed E-state index contributed by atoms with van der Waals surface area (Å²) >= 11 is 1.38. The van der Waals surface area contributed by atoms with Crippen LogP contribution < -0.4 is 4.74 Å². The van der Waals surface area contributed by atoms with Gasteiger partial charge in [-0.3, -0.25) is 14.5 Å². The van der Waals surface area contributed by atoms with Crippen LogP contribution in [0.3, 0.4) is 0 Å². The normalized spacial score (nSPS) is 17.9. The van der Waals surface area contributed by atoms with E-state index in [2.05, 4.69) is 0 Å². The summed E-state index contributed by atoms with van der Waals surface area (Å²) in [6.45, 7) is 2.52. The number of carbonyl (C=O) groups excluding carboxylic acids is 2. The number of carbonyl (C=O) groups is 2. The Kier molecular flexibility index (Phi) is 6.05. The van der Waals surface area contributed by atoms with Gasteiger partial charge in [0.1, 0.15) is 5.75 Å². The van der Waals surface area contributed by atoms with Gasteiger partial charge < -0.3 is 4.74 Å². The van der Waals surface area contributed by atoms with Crippen molar-refractivity contribution in [3.8, 4) is 5.75 Å². The molecule has 5 heteroatoms. The standard InChI is InChI=1S/C24H25NO3S/c1-2-28-19-15-13-17(14-16-19)21-22(29-20-11-7-4-8-12-20)24(27)25(23(21)26)18-9-5-3-6-10-18/h4,7-8,11-16,18H,2-3,5-6,9-10H2,1H3. The molecule has 2 aromatic carbocycles. The Morgan fingerprint density at radius 3 is 2.28 bits per heavy atom. The molecule has 0 bridgehead atoms. The highest BCUT2D eigenvalue weighted by atomic mass is 32.2. The Balaban J connectivity index is 1.72. The van der Waals surface area contributed by atoms with Crippen molar-refractivity contribution in [1.29, 1.82) is 0 Å². The molecule has 1 aliphatic carbocycles. The van der Waals surface area contributed by atoms with Crippen LogP contribution in [0.1, 0.15) is 44.6 Å². The van der Waals surface area contributed by atoms with E-state index >= 15 is 0 Å². The minimum absolute atomic E-state index is 0.00956. The lowest BCUT2D eigenvalue weighted by Gasteiger charge is -2.29. The van der Waals surface area contributed by atoms with E-state index in [9.17, 15) is 9.59 Å². The minimum atomic E-state index is -0.163. The third-order valence-electron chi connectivity index (χ3n) is 5.43. The van der Waals surface area contributed by atoms with Crippen LogP contribution in [0, 0.1) is 0 Å². The predicted molar refractivity (Wildman–Crippen MR) is 116 cm³/mol. The topological polar surface area (TPSA) is 46.6 Å². The monoisotopic (exact) mass is 407 g/mol. The SMILES string of the molecule is CCOc1ccc(C2=C(Sc3ccccc3)C(=O)N(C3CCCCC3)C2=O)cc1. The maximum Gasteiger partial charge on any atom is 0.268 e. The molecule has 0 aromatic heterocycles. The van der Waals surface area contributed by atoms with Crippen molar-refractivity contribution in [3.05, 3.63) is 65.1 Å². The number of rotatable bonds is 6. The van der Waals surface area contributed by atoms with Gasteiger partial charge in [0.2, 0.25) is 0 Å². The van der Waals surface area contributed by atoms with E-state index in [1.165, 1.54) is 23.1 Å². The summed E-state index contributed by atoms with van der Waals surface area (Å²) in [5.41, 5.74) is 1.28. The summed E-state index contributed by atoms with van der Waals surface area (Å²) in [5.74, 6) is 0.444. The average molecular weight is 408 g/mol. The van der Waals surface area contributed by atoms with Crippen molar-refractivity contribution < 1.29 is 14.3 Å². The van der Waals surface area contributed by atoms with Gasteiger partial charge >= 0.3 is 0 Å². The van der Waals surface area contributed by atoms with Crippen molar-refractivity contribution in [1.82, 2.24) is 4.90 Å². The predicted octanol–water partition coefficient (Wildman–Crippen LogP) is 5.29. The second-order valence-corrected chi connectivity index (χ2v) is 8.43. The zero-order valence-electron chi connectivity index (χ0n) is 16.6. The smallest absolute Gasteiger partial charge is 0.268 e. The van der Waals surface area contributed by atoms with Crippen LogP contribution in [0.5, 0.6) is 5.75 Å². The highest BCUT2D eigenvalue weighted by Crippen LogP contribution is 2.42.